The zero-order chi connectivity index (χ0) is 15.2. The predicted molar refractivity (Wildman–Crippen MR) is 78.9 cm³/mol. The number of carbonyl (C=O) groups is 2. The molecular weight excluding hydrogens is 268 g/mol. The highest BCUT2D eigenvalue weighted by molar-refractivity contribution is 5.97. The van der Waals surface area contributed by atoms with E-state index in [-0.39, 0.29) is 24.0 Å². The summed E-state index contributed by atoms with van der Waals surface area (Å²) in [6, 6.07) is 7.43. The Morgan fingerprint density at radius 1 is 1.33 bits per heavy atom. The van der Waals surface area contributed by atoms with Gasteiger partial charge in [0.15, 0.2) is 0 Å². The molecule has 0 aromatic heterocycles. The van der Waals surface area contributed by atoms with Gasteiger partial charge in [-0.05, 0) is 38.8 Å². The summed E-state index contributed by atoms with van der Waals surface area (Å²) >= 11 is 0. The van der Waals surface area contributed by atoms with Crippen molar-refractivity contribution in [1.82, 2.24) is 4.90 Å². The molecule has 0 unspecified atom stereocenters. The zero-order valence-corrected chi connectivity index (χ0v) is 12.6. The number of amides is 2. The predicted octanol–water partition coefficient (Wildman–Crippen LogP) is 2.94. The van der Waals surface area contributed by atoms with Crippen LogP contribution in [0.3, 0.4) is 0 Å². The number of fused-ring (bicyclic) bond motifs is 3. The zero-order valence-electron chi connectivity index (χ0n) is 12.6. The van der Waals surface area contributed by atoms with E-state index in [0.29, 0.717) is 13.0 Å². The molecule has 1 aromatic rings. The highest BCUT2D eigenvalue weighted by Crippen LogP contribution is 2.44. The number of para-hydroxylation sites is 1. The quantitative estimate of drug-likeness (QED) is 0.798. The summed E-state index contributed by atoms with van der Waals surface area (Å²) < 4.78 is 5.48. The Kier molecular flexibility index (Phi) is 3.15. The Labute approximate surface area is 124 Å². The molecule has 2 amide bonds. The van der Waals surface area contributed by atoms with Gasteiger partial charge >= 0.3 is 6.09 Å². The summed E-state index contributed by atoms with van der Waals surface area (Å²) in [5.41, 5.74) is 1.25. The number of rotatable bonds is 0. The second-order valence-electron chi connectivity index (χ2n) is 6.59. The molecule has 2 aliphatic heterocycles. The second-order valence-corrected chi connectivity index (χ2v) is 6.59. The van der Waals surface area contributed by atoms with Crippen molar-refractivity contribution in [3.05, 3.63) is 29.8 Å². The van der Waals surface area contributed by atoms with Crippen molar-refractivity contribution >= 4 is 17.7 Å². The van der Waals surface area contributed by atoms with Crippen molar-refractivity contribution in [3.8, 4) is 0 Å². The van der Waals surface area contributed by atoms with Crippen molar-refractivity contribution in [3.63, 3.8) is 0 Å². The van der Waals surface area contributed by atoms with E-state index < -0.39 is 5.60 Å². The summed E-state index contributed by atoms with van der Waals surface area (Å²) in [5.74, 6) is -0.197. The van der Waals surface area contributed by atoms with Gasteiger partial charge in [0, 0.05) is 12.2 Å². The van der Waals surface area contributed by atoms with Gasteiger partial charge in [-0.2, -0.15) is 0 Å². The van der Waals surface area contributed by atoms with Gasteiger partial charge < -0.3 is 15.0 Å². The molecule has 0 spiro atoms. The summed E-state index contributed by atoms with van der Waals surface area (Å²) in [6.07, 6.45) is 0.323. The van der Waals surface area contributed by atoms with E-state index in [1.54, 1.807) is 4.90 Å². The third kappa shape index (κ3) is 2.48. The lowest BCUT2D eigenvalue weighted by Crippen LogP contribution is -2.41. The smallest absolute Gasteiger partial charge is 0.410 e. The molecule has 1 saturated heterocycles. The molecule has 0 aliphatic carbocycles. The normalized spacial score (nSPS) is 24.1. The van der Waals surface area contributed by atoms with Gasteiger partial charge in [-0.25, -0.2) is 4.79 Å². The van der Waals surface area contributed by atoms with Crippen LogP contribution in [0.25, 0.3) is 0 Å². The molecule has 112 valence electrons. The number of hydrogen-bond donors (Lipinski definition) is 1. The van der Waals surface area contributed by atoms with Gasteiger partial charge in [0.05, 0.1) is 12.0 Å². The maximum absolute atomic E-state index is 12.4. The van der Waals surface area contributed by atoms with Crippen LogP contribution in [-0.4, -0.2) is 29.0 Å². The number of carbonyl (C=O) groups excluding carboxylic acids is 2. The van der Waals surface area contributed by atoms with E-state index in [1.807, 2.05) is 45.0 Å². The number of benzene rings is 1. The van der Waals surface area contributed by atoms with Crippen LogP contribution in [0, 0.1) is 5.92 Å². The summed E-state index contributed by atoms with van der Waals surface area (Å²) in [4.78, 5) is 26.3. The van der Waals surface area contributed by atoms with E-state index in [0.717, 1.165) is 11.3 Å². The van der Waals surface area contributed by atoms with Gasteiger partial charge in [-0.3, -0.25) is 4.79 Å². The van der Waals surface area contributed by atoms with Crippen molar-refractivity contribution in [1.29, 1.82) is 0 Å². The molecule has 5 nitrogen and oxygen atoms in total. The van der Waals surface area contributed by atoms with Crippen LogP contribution in [0.5, 0.6) is 0 Å². The van der Waals surface area contributed by atoms with Gasteiger partial charge in [-0.15, -0.1) is 0 Å². The lowest BCUT2D eigenvalue weighted by molar-refractivity contribution is -0.121. The molecule has 1 N–H and O–H groups in total. The van der Waals surface area contributed by atoms with Crippen LogP contribution in [0.4, 0.5) is 10.5 Å². The lowest BCUT2D eigenvalue weighted by atomic mass is 9.88. The fourth-order valence-electron chi connectivity index (χ4n) is 3.07. The minimum atomic E-state index is -0.536. The highest BCUT2D eigenvalue weighted by atomic mass is 16.6. The number of nitrogens with one attached hydrogen (secondary N) is 1. The Bertz CT molecular complexity index is 591. The van der Waals surface area contributed by atoms with Crippen LogP contribution in [0.2, 0.25) is 0 Å². The molecule has 0 radical (unpaired) electrons. The van der Waals surface area contributed by atoms with Crippen LogP contribution < -0.4 is 5.32 Å². The SMILES string of the molecule is CC(C)(C)OC(=O)N1CC[C@@H]2C(=O)Nc3ccccc3[C@@H]21. The van der Waals surface area contributed by atoms with Crippen LogP contribution >= 0.6 is 0 Å². The fourth-order valence-corrected chi connectivity index (χ4v) is 3.07. The Morgan fingerprint density at radius 2 is 2.05 bits per heavy atom. The van der Waals surface area contributed by atoms with E-state index in [9.17, 15) is 9.59 Å². The number of likely N-dealkylation sites (tertiary alicyclic amines) is 1. The van der Waals surface area contributed by atoms with Gasteiger partial charge in [-0.1, -0.05) is 18.2 Å². The van der Waals surface area contributed by atoms with Crippen LogP contribution in [-0.2, 0) is 9.53 Å². The number of ether oxygens (including phenoxy) is 1. The van der Waals surface area contributed by atoms with Gasteiger partial charge in [0.25, 0.3) is 0 Å². The van der Waals surface area contributed by atoms with E-state index in [4.69, 9.17) is 4.74 Å². The minimum Gasteiger partial charge on any atom is -0.444 e. The Morgan fingerprint density at radius 3 is 2.76 bits per heavy atom. The Balaban J connectivity index is 1.93. The Hall–Kier alpha value is -2.04. The molecule has 2 aliphatic rings. The molecule has 0 saturated carbocycles. The molecular formula is C16H20N2O3. The molecule has 5 heteroatoms. The number of nitrogens with zero attached hydrogens (tertiary/aromatic N) is 1. The summed E-state index contributed by atoms with van der Waals surface area (Å²) in [7, 11) is 0. The topological polar surface area (TPSA) is 58.6 Å². The molecule has 0 bridgehead atoms. The number of anilines is 1. The fraction of sp³-hybridized carbons (Fsp3) is 0.500. The first-order chi connectivity index (χ1) is 9.87. The first-order valence-electron chi connectivity index (χ1n) is 7.26. The van der Waals surface area contributed by atoms with Crippen molar-refractivity contribution in [2.24, 2.45) is 5.92 Å². The van der Waals surface area contributed by atoms with Crippen LogP contribution in [0.15, 0.2) is 24.3 Å². The third-order valence-electron chi connectivity index (χ3n) is 3.90. The lowest BCUT2D eigenvalue weighted by Gasteiger charge is -2.34. The first kappa shape index (κ1) is 13.9. The molecule has 3 rings (SSSR count). The molecule has 1 aromatic carbocycles. The van der Waals surface area contributed by atoms with E-state index in [1.165, 1.54) is 0 Å². The second kappa shape index (κ2) is 4.76. The summed E-state index contributed by atoms with van der Waals surface area (Å²) in [5, 5.41) is 2.92. The van der Waals surface area contributed by atoms with Gasteiger partial charge in [0.1, 0.15) is 5.60 Å². The summed E-state index contributed by atoms with van der Waals surface area (Å²) in [6.45, 7) is 6.09. The minimum absolute atomic E-state index is 0.00948. The molecule has 21 heavy (non-hydrogen) atoms. The average Bonchev–Trinajstić information content (AvgIpc) is 2.82. The van der Waals surface area contributed by atoms with Crippen molar-refractivity contribution in [2.75, 3.05) is 11.9 Å². The van der Waals surface area contributed by atoms with Crippen molar-refractivity contribution in [2.45, 2.75) is 38.8 Å². The first-order valence-corrected chi connectivity index (χ1v) is 7.26. The maximum atomic E-state index is 12.4. The third-order valence-corrected chi connectivity index (χ3v) is 3.90. The largest absolute Gasteiger partial charge is 0.444 e. The molecule has 2 heterocycles. The van der Waals surface area contributed by atoms with E-state index in [2.05, 4.69) is 5.32 Å². The van der Waals surface area contributed by atoms with Crippen molar-refractivity contribution < 1.29 is 14.3 Å². The standard InChI is InChI=1S/C16H20N2O3/c1-16(2,3)21-15(20)18-9-8-11-13(18)10-6-4-5-7-12(10)17-14(11)19/h4-7,11,13H,8-9H2,1-3H3,(H,17,19)/t11-,13-/m0/s1. The number of hydrogen-bond acceptors (Lipinski definition) is 3. The van der Waals surface area contributed by atoms with E-state index >= 15 is 0 Å². The van der Waals surface area contributed by atoms with Crippen LogP contribution in [0.1, 0.15) is 38.8 Å². The molecule has 1 fully saturated rings. The maximum Gasteiger partial charge on any atom is 0.410 e. The average molecular weight is 288 g/mol. The highest BCUT2D eigenvalue weighted by Gasteiger charge is 2.46. The van der Waals surface area contributed by atoms with Gasteiger partial charge in [0.2, 0.25) is 5.91 Å². The monoisotopic (exact) mass is 288 g/mol. The molecule has 2 atom stereocenters.